The summed E-state index contributed by atoms with van der Waals surface area (Å²) < 4.78 is 5.01. The number of esters is 1. The van der Waals surface area contributed by atoms with Crippen molar-refractivity contribution >= 4 is 11.9 Å². The summed E-state index contributed by atoms with van der Waals surface area (Å²) in [6.07, 6.45) is -1.05. The van der Waals surface area contributed by atoms with Crippen LogP contribution in [0.3, 0.4) is 0 Å². The van der Waals surface area contributed by atoms with E-state index in [4.69, 9.17) is 9.57 Å². The van der Waals surface area contributed by atoms with Gasteiger partial charge in [0.1, 0.15) is 0 Å². The van der Waals surface area contributed by atoms with Crippen molar-refractivity contribution in [1.82, 2.24) is 5.01 Å². The van der Waals surface area contributed by atoms with Crippen LogP contribution in [0.25, 0.3) is 0 Å². The molecule has 0 heterocycles. The zero-order chi connectivity index (χ0) is 20.5. The second kappa shape index (κ2) is 9.91. The standard InChI is InChI=1S/C19H21N3O6/c1-14(27-19(25)16-11-7-4-8-12-16)28-20-22(26)21(2)17(18(23)24)13-15-9-5-3-6-10-15/h3-12,14,17H,13H2,1-2H3,(H,23,24)/b22-20+/t14?,17-/m0/s1. The molecule has 0 amide bonds. The monoisotopic (exact) mass is 387 g/mol. The zero-order valence-corrected chi connectivity index (χ0v) is 15.5. The van der Waals surface area contributed by atoms with Crippen LogP contribution in [0, 0.1) is 5.21 Å². The van der Waals surface area contributed by atoms with E-state index < -0.39 is 24.3 Å². The van der Waals surface area contributed by atoms with Gasteiger partial charge >= 0.3 is 11.9 Å². The summed E-state index contributed by atoms with van der Waals surface area (Å²) in [4.78, 5) is 28.3. The fourth-order valence-corrected chi connectivity index (χ4v) is 2.31. The molecule has 148 valence electrons. The summed E-state index contributed by atoms with van der Waals surface area (Å²) in [5.74, 6) is -1.83. The molecule has 0 saturated heterocycles. The van der Waals surface area contributed by atoms with E-state index in [9.17, 15) is 19.9 Å². The smallest absolute Gasteiger partial charge is 0.341 e. The predicted octanol–water partition coefficient (Wildman–Crippen LogP) is 2.63. The first-order chi connectivity index (χ1) is 13.4. The molecule has 0 aliphatic heterocycles. The second-order valence-electron chi connectivity index (χ2n) is 5.90. The maximum absolute atomic E-state index is 12.1. The summed E-state index contributed by atoms with van der Waals surface area (Å²) >= 11 is 0. The van der Waals surface area contributed by atoms with Crippen molar-refractivity contribution in [2.45, 2.75) is 25.7 Å². The van der Waals surface area contributed by atoms with E-state index in [1.54, 1.807) is 54.6 Å². The van der Waals surface area contributed by atoms with E-state index in [-0.39, 0.29) is 11.4 Å². The third-order valence-electron chi connectivity index (χ3n) is 3.83. The molecule has 0 aromatic heterocycles. The van der Waals surface area contributed by atoms with Crippen molar-refractivity contribution in [3.05, 3.63) is 77.0 Å². The number of nitrogens with zero attached hydrogens (tertiary/aromatic N) is 3. The zero-order valence-electron chi connectivity index (χ0n) is 15.5. The largest absolute Gasteiger partial charge is 0.569 e. The molecule has 0 fully saturated rings. The van der Waals surface area contributed by atoms with E-state index in [1.807, 2.05) is 6.07 Å². The molecule has 28 heavy (non-hydrogen) atoms. The summed E-state index contributed by atoms with van der Waals surface area (Å²) in [6.45, 7) is 1.39. The maximum Gasteiger partial charge on any atom is 0.341 e. The SMILES string of the molecule is CC(O/N=[N+](/[O-])N(C)[C@@H](Cc1ccccc1)C(=O)O)OC(=O)c1ccccc1. The number of likely N-dealkylation sites (N-methyl/N-ethyl adjacent to an activating group) is 1. The molecule has 0 aliphatic rings. The van der Waals surface area contributed by atoms with Crippen molar-refractivity contribution in [2.24, 2.45) is 5.28 Å². The Morgan fingerprint density at radius 3 is 2.29 bits per heavy atom. The minimum Gasteiger partial charge on any atom is -0.569 e. The summed E-state index contributed by atoms with van der Waals surface area (Å²) in [7, 11) is 1.28. The molecular formula is C19H21N3O6. The van der Waals surface area contributed by atoms with Gasteiger partial charge in [0, 0.05) is 13.3 Å². The molecule has 0 spiro atoms. The number of aliphatic carboxylic acids is 1. The number of carboxylic acids is 1. The van der Waals surface area contributed by atoms with Crippen LogP contribution in [0.5, 0.6) is 0 Å². The fraction of sp³-hybridized carbons (Fsp3) is 0.263. The minimum absolute atomic E-state index is 0.00851. The predicted molar refractivity (Wildman–Crippen MR) is 97.8 cm³/mol. The lowest BCUT2D eigenvalue weighted by atomic mass is 10.1. The van der Waals surface area contributed by atoms with Crippen molar-refractivity contribution in [3.8, 4) is 0 Å². The van der Waals surface area contributed by atoms with Gasteiger partial charge < -0.3 is 15.1 Å². The lowest BCUT2D eigenvalue weighted by molar-refractivity contribution is -0.712. The first-order valence-corrected chi connectivity index (χ1v) is 8.48. The van der Waals surface area contributed by atoms with E-state index >= 15 is 0 Å². The highest BCUT2D eigenvalue weighted by Gasteiger charge is 2.29. The third-order valence-corrected chi connectivity index (χ3v) is 3.83. The Kier molecular flexibility index (Phi) is 7.32. The Balaban J connectivity index is 1.96. The van der Waals surface area contributed by atoms with Gasteiger partial charge in [0.2, 0.25) is 5.28 Å². The Hall–Kier alpha value is -3.62. The number of carbonyl (C=O) groups excluding carboxylic acids is 1. The van der Waals surface area contributed by atoms with Crippen LogP contribution in [0.2, 0.25) is 0 Å². The average Bonchev–Trinajstić information content (AvgIpc) is 2.71. The van der Waals surface area contributed by atoms with Gasteiger partial charge in [0.05, 0.1) is 17.6 Å². The molecule has 2 atom stereocenters. The summed E-state index contributed by atoms with van der Waals surface area (Å²) in [6, 6.07) is 16.0. The number of rotatable bonds is 9. The fourth-order valence-electron chi connectivity index (χ4n) is 2.31. The van der Waals surface area contributed by atoms with Gasteiger partial charge in [-0.1, -0.05) is 48.5 Å². The first kappa shape index (κ1) is 20.7. The Labute approximate surface area is 161 Å². The first-order valence-electron chi connectivity index (χ1n) is 8.48. The number of hydrazine groups is 1. The van der Waals surface area contributed by atoms with Crippen molar-refractivity contribution < 1.29 is 29.2 Å². The topological polar surface area (TPSA) is 114 Å². The van der Waals surface area contributed by atoms with Gasteiger partial charge in [0.25, 0.3) is 6.29 Å². The van der Waals surface area contributed by atoms with Gasteiger partial charge in [-0.05, 0) is 17.7 Å². The van der Waals surface area contributed by atoms with Crippen LogP contribution < -0.4 is 0 Å². The lowest BCUT2D eigenvalue weighted by Gasteiger charge is -2.20. The molecule has 9 heteroatoms. The molecule has 1 N–H and O–H groups in total. The number of carbonyl (C=O) groups is 2. The minimum atomic E-state index is -1.19. The highest BCUT2D eigenvalue weighted by Crippen LogP contribution is 2.10. The van der Waals surface area contributed by atoms with Crippen LogP contribution in [0.1, 0.15) is 22.8 Å². The second-order valence-corrected chi connectivity index (χ2v) is 5.90. The van der Waals surface area contributed by atoms with E-state index in [2.05, 4.69) is 5.28 Å². The molecular weight excluding hydrogens is 366 g/mol. The van der Waals surface area contributed by atoms with E-state index in [1.165, 1.54) is 14.0 Å². The number of hydrogen-bond donors (Lipinski definition) is 1. The molecule has 0 saturated carbocycles. The average molecular weight is 387 g/mol. The number of carboxylic acid groups (broad SMARTS) is 1. The Morgan fingerprint density at radius 1 is 1.14 bits per heavy atom. The summed E-state index contributed by atoms with van der Waals surface area (Å²) in [5, 5.41) is 25.7. The van der Waals surface area contributed by atoms with Crippen molar-refractivity contribution in [3.63, 3.8) is 0 Å². The van der Waals surface area contributed by atoms with Crippen molar-refractivity contribution in [2.75, 3.05) is 7.05 Å². The molecule has 9 nitrogen and oxygen atoms in total. The Bertz CT molecular complexity index is 813. The third kappa shape index (κ3) is 5.97. The van der Waals surface area contributed by atoms with Gasteiger partial charge in [0.15, 0.2) is 6.04 Å². The van der Waals surface area contributed by atoms with Gasteiger partial charge in [-0.15, -0.1) is 5.01 Å². The molecule has 2 aromatic rings. The molecule has 1 unspecified atom stereocenters. The highest BCUT2D eigenvalue weighted by atomic mass is 16.8. The molecule has 2 rings (SSSR count). The molecule has 0 bridgehead atoms. The van der Waals surface area contributed by atoms with Crippen LogP contribution in [-0.4, -0.2) is 46.4 Å². The molecule has 2 aromatic carbocycles. The van der Waals surface area contributed by atoms with Crippen molar-refractivity contribution in [1.29, 1.82) is 0 Å². The number of ether oxygens (including phenoxy) is 1. The molecule has 0 aliphatic carbocycles. The van der Waals surface area contributed by atoms with E-state index in [0.717, 1.165) is 10.6 Å². The number of benzene rings is 2. The van der Waals surface area contributed by atoms with Crippen LogP contribution >= 0.6 is 0 Å². The van der Waals surface area contributed by atoms with Crippen LogP contribution in [0.15, 0.2) is 65.9 Å². The van der Waals surface area contributed by atoms with Crippen LogP contribution in [0.4, 0.5) is 0 Å². The normalized spacial score (nSPS) is 13.3. The van der Waals surface area contributed by atoms with Gasteiger partial charge in [-0.2, -0.15) is 0 Å². The Morgan fingerprint density at radius 2 is 1.71 bits per heavy atom. The quantitative estimate of drug-likeness (QED) is 0.231. The highest BCUT2D eigenvalue weighted by molar-refractivity contribution is 5.89. The maximum atomic E-state index is 12.1. The van der Waals surface area contributed by atoms with E-state index in [0.29, 0.717) is 5.56 Å². The molecule has 0 radical (unpaired) electrons. The lowest BCUT2D eigenvalue weighted by Crippen LogP contribution is -2.44. The van der Waals surface area contributed by atoms with Gasteiger partial charge in [-0.3, -0.25) is 4.84 Å². The van der Waals surface area contributed by atoms with Crippen LogP contribution in [-0.2, 0) is 20.8 Å². The summed E-state index contributed by atoms with van der Waals surface area (Å²) in [5.41, 5.74) is 1.07. The number of hydrogen-bond acceptors (Lipinski definition) is 6. The van der Waals surface area contributed by atoms with Gasteiger partial charge in [-0.25, -0.2) is 9.59 Å².